The van der Waals surface area contributed by atoms with Gasteiger partial charge in [-0.1, -0.05) is 18.2 Å². The zero-order valence-corrected chi connectivity index (χ0v) is 15.4. The van der Waals surface area contributed by atoms with Gasteiger partial charge in [0.15, 0.2) is 5.76 Å². The maximum atomic E-state index is 12.6. The number of para-hydroxylation sites is 1. The van der Waals surface area contributed by atoms with Gasteiger partial charge in [0, 0.05) is 24.2 Å². The van der Waals surface area contributed by atoms with Gasteiger partial charge in [-0.25, -0.2) is 4.79 Å². The van der Waals surface area contributed by atoms with Crippen LogP contribution in [-0.2, 0) is 9.47 Å². The van der Waals surface area contributed by atoms with E-state index in [1.54, 1.807) is 24.3 Å². The second-order valence-electron chi connectivity index (χ2n) is 6.43. The lowest BCUT2D eigenvalue weighted by Gasteiger charge is -2.30. The average Bonchev–Trinajstić information content (AvgIpc) is 3.18. The minimum Gasteiger partial charge on any atom is -0.465 e. The number of furan rings is 1. The predicted molar refractivity (Wildman–Crippen MR) is 105 cm³/mol. The van der Waals surface area contributed by atoms with Crippen LogP contribution < -0.4 is 10.2 Å². The van der Waals surface area contributed by atoms with E-state index in [9.17, 15) is 9.59 Å². The molecule has 0 saturated carbocycles. The van der Waals surface area contributed by atoms with E-state index >= 15 is 0 Å². The molecular weight excluding hydrogens is 360 g/mol. The summed E-state index contributed by atoms with van der Waals surface area (Å²) in [4.78, 5) is 26.9. The number of rotatable bonds is 4. The van der Waals surface area contributed by atoms with Gasteiger partial charge in [0.25, 0.3) is 5.91 Å². The summed E-state index contributed by atoms with van der Waals surface area (Å²) in [5.41, 5.74) is 2.29. The quantitative estimate of drug-likeness (QED) is 0.700. The number of methoxy groups -OCH3 is 1. The van der Waals surface area contributed by atoms with Crippen LogP contribution in [0.5, 0.6) is 0 Å². The van der Waals surface area contributed by atoms with Gasteiger partial charge >= 0.3 is 5.97 Å². The number of amides is 1. The van der Waals surface area contributed by atoms with E-state index in [0.717, 1.165) is 11.1 Å². The van der Waals surface area contributed by atoms with Gasteiger partial charge in [-0.2, -0.15) is 0 Å². The Morgan fingerprint density at radius 3 is 2.61 bits per heavy atom. The lowest BCUT2D eigenvalue weighted by molar-refractivity contribution is 0.0600. The first-order valence-electron chi connectivity index (χ1n) is 9.01. The van der Waals surface area contributed by atoms with Crippen molar-refractivity contribution in [2.24, 2.45) is 0 Å². The van der Waals surface area contributed by atoms with Gasteiger partial charge < -0.3 is 24.1 Å². The normalized spacial score (nSPS) is 14.1. The van der Waals surface area contributed by atoms with Crippen LogP contribution in [0.25, 0.3) is 11.0 Å². The molecule has 0 aliphatic carbocycles. The summed E-state index contributed by atoms with van der Waals surface area (Å²) in [6, 6.07) is 14.3. The van der Waals surface area contributed by atoms with Crippen LogP contribution >= 0.6 is 0 Å². The second-order valence-corrected chi connectivity index (χ2v) is 6.43. The van der Waals surface area contributed by atoms with E-state index in [0.29, 0.717) is 43.1 Å². The third-order valence-electron chi connectivity index (χ3n) is 4.66. The van der Waals surface area contributed by atoms with Crippen molar-refractivity contribution >= 4 is 34.2 Å². The number of esters is 1. The SMILES string of the molecule is COC(=O)c1cc(NC(=O)c2cc3ccccc3o2)ccc1N1CCOCC1. The van der Waals surface area contributed by atoms with Crippen molar-refractivity contribution in [3.8, 4) is 0 Å². The van der Waals surface area contributed by atoms with Crippen molar-refractivity contribution < 1.29 is 23.5 Å². The zero-order chi connectivity index (χ0) is 19.5. The Bertz CT molecular complexity index is 988. The van der Waals surface area contributed by atoms with Gasteiger partial charge in [0.05, 0.1) is 31.6 Å². The summed E-state index contributed by atoms with van der Waals surface area (Å²) in [6.07, 6.45) is 0. The minimum absolute atomic E-state index is 0.207. The Morgan fingerprint density at radius 1 is 1.07 bits per heavy atom. The van der Waals surface area contributed by atoms with E-state index in [4.69, 9.17) is 13.9 Å². The fourth-order valence-corrected chi connectivity index (χ4v) is 3.25. The zero-order valence-electron chi connectivity index (χ0n) is 15.4. The lowest BCUT2D eigenvalue weighted by atomic mass is 10.1. The van der Waals surface area contributed by atoms with Crippen molar-refractivity contribution in [1.29, 1.82) is 0 Å². The third-order valence-corrected chi connectivity index (χ3v) is 4.66. The largest absolute Gasteiger partial charge is 0.465 e. The molecule has 0 spiro atoms. The summed E-state index contributed by atoms with van der Waals surface area (Å²) >= 11 is 0. The van der Waals surface area contributed by atoms with Gasteiger partial charge in [-0.3, -0.25) is 4.79 Å². The number of nitrogens with one attached hydrogen (secondary N) is 1. The number of anilines is 2. The van der Waals surface area contributed by atoms with Crippen LogP contribution in [0, 0.1) is 0 Å². The molecule has 4 rings (SSSR count). The number of hydrogen-bond donors (Lipinski definition) is 1. The van der Waals surface area contributed by atoms with E-state index in [1.807, 2.05) is 24.3 Å². The van der Waals surface area contributed by atoms with Crippen LogP contribution in [0.1, 0.15) is 20.9 Å². The molecule has 1 aliphatic heterocycles. The van der Waals surface area contributed by atoms with Gasteiger partial charge in [-0.15, -0.1) is 0 Å². The molecule has 2 aromatic carbocycles. The molecule has 28 heavy (non-hydrogen) atoms. The molecule has 1 fully saturated rings. The monoisotopic (exact) mass is 380 g/mol. The fraction of sp³-hybridized carbons (Fsp3) is 0.238. The van der Waals surface area contributed by atoms with E-state index in [2.05, 4.69) is 10.2 Å². The van der Waals surface area contributed by atoms with Crippen LogP contribution in [0.3, 0.4) is 0 Å². The number of ether oxygens (including phenoxy) is 2. The fourth-order valence-electron chi connectivity index (χ4n) is 3.25. The van der Waals surface area contributed by atoms with Crippen LogP contribution in [-0.4, -0.2) is 45.3 Å². The smallest absolute Gasteiger partial charge is 0.340 e. The Kier molecular flexibility index (Phi) is 4.99. The van der Waals surface area contributed by atoms with Gasteiger partial charge in [0.2, 0.25) is 0 Å². The summed E-state index contributed by atoms with van der Waals surface area (Å²) in [5.74, 6) is -0.634. The van der Waals surface area contributed by atoms with Crippen molar-refractivity contribution in [3.63, 3.8) is 0 Å². The molecule has 1 N–H and O–H groups in total. The first-order valence-corrected chi connectivity index (χ1v) is 9.01. The highest BCUT2D eigenvalue weighted by atomic mass is 16.5. The van der Waals surface area contributed by atoms with E-state index in [-0.39, 0.29) is 11.7 Å². The molecule has 1 amide bonds. The first-order chi connectivity index (χ1) is 13.7. The highest BCUT2D eigenvalue weighted by molar-refractivity contribution is 6.06. The third kappa shape index (κ3) is 3.57. The molecule has 2 heterocycles. The molecule has 7 heteroatoms. The number of nitrogens with zero attached hydrogens (tertiary/aromatic N) is 1. The molecule has 3 aromatic rings. The average molecular weight is 380 g/mol. The maximum absolute atomic E-state index is 12.6. The van der Waals surface area contributed by atoms with Crippen molar-refractivity contribution in [3.05, 3.63) is 59.9 Å². The Morgan fingerprint density at radius 2 is 1.86 bits per heavy atom. The van der Waals surface area contributed by atoms with Crippen LogP contribution in [0.2, 0.25) is 0 Å². The number of benzene rings is 2. The second kappa shape index (κ2) is 7.74. The molecule has 0 atom stereocenters. The standard InChI is InChI=1S/C21H20N2O5/c1-26-21(25)16-13-15(6-7-17(16)23-8-10-27-11-9-23)22-20(24)19-12-14-4-2-3-5-18(14)28-19/h2-7,12-13H,8-11H2,1H3,(H,22,24). The van der Waals surface area contributed by atoms with Crippen LogP contribution in [0.4, 0.5) is 11.4 Å². The molecule has 7 nitrogen and oxygen atoms in total. The summed E-state index contributed by atoms with van der Waals surface area (Å²) in [7, 11) is 1.34. The topological polar surface area (TPSA) is 81.0 Å². The summed E-state index contributed by atoms with van der Waals surface area (Å²) in [6.45, 7) is 2.58. The van der Waals surface area contributed by atoms with E-state index in [1.165, 1.54) is 7.11 Å². The van der Waals surface area contributed by atoms with Crippen molar-refractivity contribution in [2.75, 3.05) is 43.6 Å². The minimum atomic E-state index is -0.457. The van der Waals surface area contributed by atoms with E-state index < -0.39 is 5.97 Å². The number of hydrogen-bond acceptors (Lipinski definition) is 6. The number of morpholine rings is 1. The Balaban J connectivity index is 1.60. The molecule has 1 aromatic heterocycles. The maximum Gasteiger partial charge on any atom is 0.340 e. The molecule has 0 radical (unpaired) electrons. The highest BCUT2D eigenvalue weighted by Gasteiger charge is 2.21. The molecule has 144 valence electrons. The molecule has 0 bridgehead atoms. The van der Waals surface area contributed by atoms with Crippen molar-refractivity contribution in [1.82, 2.24) is 0 Å². The number of fused-ring (bicyclic) bond motifs is 1. The lowest BCUT2D eigenvalue weighted by Crippen LogP contribution is -2.37. The highest BCUT2D eigenvalue weighted by Crippen LogP contribution is 2.27. The predicted octanol–water partition coefficient (Wildman–Crippen LogP) is 3.31. The molecule has 1 saturated heterocycles. The molecular formula is C21H20N2O5. The number of carbonyl (C=O) groups is 2. The summed E-state index contributed by atoms with van der Waals surface area (Å²) in [5, 5.41) is 3.64. The van der Waals surface area contributed by atoms with Gasteiger partial charge in [-0.05, 0) is 30.3 Å². The van der Waals surface area contributed by atoms with Crippen LogP contribution in [0.15, 0.2) is 52.9 Å². The Hall–Kier alpha value is -3.32. The molecule has 0 unspecified atom stereocenters. The molecule has 1 aliphatic rings. The van der Waals surface area contributed by atoms with Crippen molar-refractivity contribution in [2.45, 2.75) is 0 Å². The first kappa shape index (κ1) is 18.1. The summed E-state index contributed by atoms with van der Waals surface area (Å²) < 4.78 is 15.9. The Labute approximate surface area is 161 Å². The number of carbonyl (C=O) groups excluding carboxylic acids is 2. The van der Waals surface area contributed by atoms with Gasteiger partial charge in [0.1, 0.15) is 5.58 Å².